The van der Waals surface area contributed by atoms with Crippen LogP contribution >= 0.6 is 0 Å². The van der Waals surface area contributed by atoms with Gasteiger partial charge in [0.1, 0.15) is 0 Å². The fourth-order valence-corrected chi connectivity index (χ4v) is 0.852. The number of imidazole rings is 1. The van der Waals surface area contributed by atoms with E-state index in [0.29, 0.717) is 0 Å². The van der Waals surface area contributed by atoms with E-state index in [1.165, 1.54) is 12.1 Å². The highest BCUT2D eigenvalue weighted by Gasteiger charge is 1.91. The standard InChI is InChI=1S/C7H12N2.CH4/c1-3-4-7-5-9(2)6-8-7;/h5-6H,3-4H2,1-2H3;1H4. The lowest BCUT2D eigenvalue weighted by atomic mass is 10.3. The molecule has 0 radical (unpaired) electrons. The van der Waals surface area contributed by atoms with Crippen LogP contribution in [-0.4, -0.2) is 9.55 Å². The molecule has 1 aromatic heterocycles. The first-order valence-electron chi connectivity index (χ1n) is 3.29. The van der Waals surface area contributed by atoms with Gasteiger partial charge in [-0.25, -0.2) is 4.98 Å². The molecule has 0 saturated heterocycles. The topological polar surface area (TPSA) is 17.8 Å². The molecule has 0 atom stereocenters. The molecule has 1 aromatic rings. The molecule has 0 aliphatic carbocycles. The quantitative estimate of drug-likeness (QED) is 0.614. The van der Waals surface area contributed by atoms with Crippen LogP contribution in [0.1, 0.15) is 26.5 Å². The predicted octanol–water partition coefficient (Wildman–Crippen LogP) is 2.01. The SMILES string of the molecule is C.CCCc1cn(C)cn1. The van der Waals surface area contributed by atoms with E-state index in [-0.39, 0.29) is 7.43 Å². The first-order chi connectivity index (χ1) is 4.33. The molecule has 0 aliphatic heterocycles. The minimum absolute atomic E-state index is 0. The van der Waals surface area contributed by atoms with Crippen LogP contribution in [0.15, 0.2) is 12.5 Å². The van der Waals surface area contributed by atoms with Crippen LogP contribution in [0.5, 0.6) is 0 Å². The number of aryl methyl sites for hydroxylation is 2. The molecule has 0 amide bonds. The molecule has 58 valence electrons. The van der Waals surface area contributed by atoms with Crippen molar-refractivity contribution in [2.75, 3.05) is 0 Å². The molecule has 2 heteroatoms. The zero-order chi connectivity index (χ0) is 6.69. The average Bonchev–Trinajstić information content (AvgIpc) is 2.17. The molecule has 0 aromatic carbocycles. The molecular formula is C8H16N2. The monoisotopic (exact) mass is 140 g/mol. The van der Waals surface area contributed by atoms with E-state index in [1.807, 2.05) is 17.9 Å². The summed E-state index contributed by atoms with van der Waals surface area (Å²) in [4.78, 5) is 4.17. The van der Waals surface area contributed by atoms with E-state index in [4.69, 9.17) is 0 Å². The van der Waals surface area contributed by atoms with E-state index in [0.717, 1.165) is 6.42 Å². The maximum Gasteiger partial charge on any atom is 0.0946 e. The lowest BCUT2D eigenvalue weighted by Gasteiger charge is -1.86. The third-order valence-electron chi connectivity index (χ3n) is 1.26. The molecule has 2 nitrogen and oxygen atoms in total. The number of hydrogen-bond acceptors (Lipinski definition) is 1. The molecule has 0 aliphatic rings. The molecule has 0 N–H and O–H groups in total. The second-order valence-corrected chi connectivity index (χ2v) is 2.28. The minimum atomic E-state index is 0. The number of rotatable bonds is 2. The van der Waals surface area contributed by atoms with E-state index in [1.54, 1.807) is 0 Å². The van der Waals surface area contributed by atoms with Gasteiger partial charge in [-0.2, -0.15) is 0 Å². The Labute approximate surface area is 62.9 Å². The average molecular weight is 140 g/mol. The van der Waals surface area contributed by atoms with E-state index >= 15 is 0 Å². The van der Waals surface area contributed by atoms with Crippen molar-refractivity contribution in [3.8, 4) is 0 Å². The molecule has 0 fully saturated rings. The molecule has 0 bridgehead atoms. The Hall–Kier alpha value is -0.790. The van der Waals surface area contributed by atoms with Gasteiger partial charge in [-0.3, -0.25) is 0 Å². The first kappa shape index (κ1) is 9.21. The van der Waals surface area contributed by atoms with Crippen molar-refractivity contribution in [3.63, 3.8) is 0 Å². The van der Waals surface area contributed by atoms with Crippen LogP contribution in [0.2, 0.25) is 0 Å². The Morgan fingerprint density at radius 1 is 1.60 bits per heavy atom. The van der Waals surface area contributed by atoms with Crippen LogP contribution < -0.4 is 0 Å². The Morgan fingerprint density at radius 3 is 2.70 bits per heavy atom. The van der Waals surface area contributed by atoms with Gasteiger partial charge in [-0.1, -0.05) is 20.8 Å². The summed E-state index contributed by atoms with van der Waals surface area (Å²) in [6.45, 7) is 2.16. The van der Waals surface area contributed by atoms with Crippen LogP contribution in [0.25, 0.3) is 0 Å². The lowest BCUT2D eigenvalue weighted by molar-refractivity contribution is 0.885. The summed E-state index contributed by atoms with van der Waals surface area (Å²) in [5.41, 5.74) is 1.19. The van der Waals surface area contributed by atoms with Gasteiger partial charge in [0.2, 0.25) is 0 Å². The fourth-order valence-electron chi connectivity index (χ4n) is 0.852. The summed E-state index contributed by atoms with van der Waals surface area (Å²) < 4.78 is 1.98. The fraction of sp³-hybridized carbons (Fsp3) is 0.625. The Morgan fingerprint density at radius 2 is 2.30 bits per heavy atom. The third-order valence-corrected chi connectivity index (χ3v) is 1.26. The largest absolute Gasteiger partial charge is 0.340 e. The Balaban J connectivity index is 0.000000810. The molecule has 0 unspecified atom stereocenters. The summed E-state index contributed by atoms with van der Waals surface area (Å²) in [6.07, 6.45) is 6.17. The summed E-state index contributed by atoms with van der Waals surface area (Å²) in [5, 5.41) is 0. The van der Waals surface area contributed by atoms with Gasteiger partial charge in [0, 0.05) is 13.2 Å². The Kier molecular flexibility index (Phi) is 3.77. The summed E-state index contributed by atoms with van der Waals surface area (Å²) >= 11 is 0. The van der Waals surface area contributed by atoms with Crippen molar-refractivity contribution in [2.45, 2.75) is 27.2 Å². The summed E-state index contributed by atoms with van der Waals surface area (Å²) in [5.74, 6) is 0. The second kappa shape index (κ2) is 4.09. The van der Waals surface area contributed by atoms with E-state index < -0.39 is 0 Å². The van der Waals surface area contributed by atoms with Gasteiger partial charge < -0.3 is 4.57 Å². The zero-order valence-corrected chi connectivity index (χ0v) is 5.96. The molecule has 0 spiro atoms. The van der Waals surface area contributed by atoms with Crippen molar-refractivity contribution in [1.29, 1.82) is 0 Å². The first-order valence-corrected chi connectivity index (χ1v) is 3.29. The highest BCUT2D eigenvalue weighted by Crippen LogP contribution is 1.96. The highest BCUT2D eigenvalue weighted by atomic mass is 15.0. The van der Waals surface area contributed by atoms with Gasteiger partial charge in [-0.05, 0) is 6.42 Å². The molecule has 0 saturated carbocycles. The maximum absolute atomic E-state index is 4.17. The van der Waals surface area contributed by atoms with Crippen LogP contribution in [0.4, 0.5) is 0 Å². The smallest absolute Gasteiger partial charge is 0.0946 e. The van der Waals surface area contributed by atoms with Crippen molar-refractivity contribution in [1.82, 2.24) is 9.55 Å². The molecule has 10 heavy (non-hydrogen) atoms. The normalized spacial score (nSPS) is 9.00. The molecule has 1 rings (SSSR count). The Bertz CT molecular complexity index is 179. The summed E-state index contributed by atoms with van der Waals surface area (Å²) in [7, 11) is 1.99. The van der Waals surface area contributed by atoms with Crippen LogP contribution in [0, 0.1) is 0 Å². The minimum Gasteiger partial charge on any atom is -0.340 e. The number of nitrogens with zero attached hydrogens (tertiary/aromatic N) is 2. The van der Waals surface area contributed by atoms with Crippen molar-refractivity contribution in [2.24, 2.45) is 7.05 Å². The van der Waals surface area contributed by atoms with Gasteiger partial charge in [-0.15, -0.1) is 0 Å². The lowest BCUT2D eigenvalue weighted by Crippen LogP contribution is -1.81. The maximum atomic E-state index is 4.17. The predicted molar refractivity (Wildman–Crippen MR) is 43.9 cm³/mol. The number of hydrogen-bond donors (Lipinski definition) is 0. The van der Waals surface area contributed by atoms with Gasteiger partial charge in [0.05, 0.1) is 12.0 Å². The van der Waals surface area contributed by atoms with Gasteiger partial charge >= 0.3 is 0 Å². The van der Waals surface area contributed by atoms with Crippen molar-refractivity contribution in [3.05, 3.63) is 18.2 Å². The van der Waals surface area contributed by atoms with Crippen LogP contribution in [0.3, 0.4) is 0 Å². The summed E-state index contributed by atoms with van der Waals surface area (Å²) in [6, 6.07) is 0. The van der Waals surface area contributed by atoms with Gasteiger partial charge in [0.15, 0.2) is 0 Å². The van der Waals surface area contributed by atoms with Crippen molar-refractivity contribution >= 4 is 0 Å². The van der Waals surface area contributed by atoms with E-state index in [9.17, 15) is 0 Å². The molecular weight excluding hydrogens is 124 g/mol. The van der Waals surface area contributed by atoms with E-state index in [2.05, 4.69) is 18.1 Å². The zero-order valence-electron chi connectivity index (χ0n) is 5.96. The van der Waals surface area contributed by atoms with Crippen molar-refractivity contribution < 1.29 is 0 Å². The van der Waals surface area contributed by atoms with Gasteiger partial charge in [0.25, 0.3) is 0 Å². The second-order valence-electron chi connectivity index (χ2n) is 2.28. The van der Waals surface area contributed by atoms with Crippen LogP contribution in [-0.2, 0) is 13.5 Å². The molecule has 1 heterocycles. The highest BCUT2D eigenvalue weighted by molar-refractivity contribution is 4.95. The third kappa shape index (κ3) is 2.21. The number of aromatic nitrogens is 2.